The van der Waals surface area contributed by atoms with Crippen LogP contribution >= 0.6 is 0 Å². The van der Waals surface area contributed by atoms with Crippen molar-refractivity contribution in [3.63, 3.8) is 0 Å². The number of ether oxygens (including phenoxy) is 1. The molecule has 3 aromatic rings. The topological polar surface area (TPSA) is 120 Å². The first-order valence-corrected chi connectivity index (χ1v) is 11.1. The molecule has 9 heteroatoms. The highest BCUT2D eigenvalue weighted by Gasteiger charge is 2.26. The molecule has 1 aliphatic carbocycles. The standard InChI is InChI=1S/C21H21N5O3S/c1-3-4-15-7-12-18-19(24-15)20(29-16-8-9-16)26-21(25-18)23-13(2)14-5-10-17(11-6-14)30(22,27)28/h5-7,10-13,16H,8-9H2,1-2H3,(H2,22,27,28)(H,23,25,26). The Hall–Kier alpha value is -3.22. The molecule has 3 N–H and O–H groups in total. The van der Waals surface area contributed by atoms with E-state index >= 15 is 0 Å². The summed E-state index contributed by atoms with van der Waals surface area (Å²) in [5.74, 6) is 6.61. The van der Waals surface area contributed by atoms with Crippen LogP contribution in [-0.4, -0.2) is 29.5 Å². The van der Waals surface area contributed by atoms with Crippen LogP contribution in [0.4, 0.5) is 5.95 Å². The number of anilines is 1. The lowest BCUT2D eigenvalue weighted by atomic mass is 10.1. The molecule has 1 atom stereocenters. The molecule has 0 saturated heterocycles. The van der Waals surface area contributed by atoms with Crippen molar-refractivity contribution in [3.05, 3.63) is 47.7 Å². The SMILES string of the molecule is CC#Cc1ccc2nc(NC(C)c3ccc(S(N)(=O)=O)cc3)nc(OC3CC3)c2n1. The lowest BCUT2D eigenvalue weighted by Gasteiger charge is -2.16. The Morgan fingerprint density at radius 3 is 2.50 bits per heavy atom. The van der Waals surface area contributed by atoms with Crippen molar-refractivity contribution in [2.24, 2.45) is 5.14 Å². The summed E-state index contributed by atoms with van der Waals surface area (Å²) in [4.78, 5) is 13.7. The molecule has 2 aromatic heterocycles. The van der Waals surface area contributed by atoms with Gasteiger partial charge in [-0.25, -0.2) is 23.5 Å². The number of nitrogens with one attached hydrogen (secondary N) is 1. The maximum atomic E-state index is 11.4. The average Bonchev–Trinajstić information content (AvgIpc) is 3.52. The lowest BCUT2D eigenvalue weighted by Crippen LogP contribution is -2.13. The Labute approximate surface area is 175 Å². The molecule has 0 spiro atoms. The van der Waals surface area contributed by atoms with Crippen molar-refractivity contribution >= 4 is 27.0 Å². The molecular formula is C21H21N5O3S. The molecule has 1 aromatic carbocycles. The molecule has 1 unspecified atom stereocenters. The smallest absolute Gasteiger partial charge is 0.245 e. The van der Waals surface area contributed by atoms with Crippen LogP contribution < -0.4 is 15.2 Å². The summed E-state index contributed by atoms with van der Waals surface area (Å²) in [7, 11) is -3.73. The monoisotopic (exact) mass is 423 g/mol. The van der Waals surface area contributed by atoms with Gasteiger partial charge in [0.1, 0.15) is 11.8 Å². The van der Waals surface area contributed by atoms with Crippen LogP contribution in [0, 0.1) is 11.8 Å². The molecular weight excluding hydrogens is 402 g/mol. The molecule has 1 aliphatic rings. The number of aromatic nitrogens is 3. The molecule has 0 radical (unpaired) electrons. The fourth-order valence-corrected chi connectivity index (χ4v) is 3.41. The number of hydrogen-bond donors (Lipinski definition) is 2. The van der Waals surface area contributed by atoms with Crippen molar-refractivity contribution < 1.29 is 13.2 Å². The van der Waals surface area contributed by atoms with Gasteiger partial charge in [-0.1, -0.05) is 18.1 Å². The van der Waals surface area contributed by atoms with Gasteiger partial charge < -0.3 is 10.1 Å². The Morgan fingerprint density at radius 2 is 1.87 bits per heavy atom. The Kier molecular flexibility index (Phi) is 5.28. The van der Waals surface area contributed by atoms with E-state index in [0.29, 0.717) is 28.6 Å². The number of fused-ring (bicyclic) bond motifs is 1. The fourth-order valence-electron chi connectivity index (χ4n) is 2.90. The Bertz CT molecular complexity index is 1260. The number of nitrogens with zero attached hydrogens (tertiary/aromatic N) is 3. The second kappa shape index (κ2) is 7.89. The first-order valence-electron chi connectivity index (χ1n) is 9.51. The fraction of sp³-hybridized carbons (Fsp3) is 0.286. The molecule has 2 heterocycles. The number of nitrogens with two attached hydrogens (primary N) is 1. The number of primary sulfonamides is 1. The minimum absolute atomic E-state index is 0.0672. The molecule has 154 valence electrons. The summed E-state index contributed by atoms with van der Waals surface area (Å²) in [6, 6.07) is 9.85. The first kappa shape index (κ1) is 20.1. The molecule has 0 amide bonds. The molecule has 1 fully saturated rings. The number of hydrogen-bond acceptors (Lipinski definition) is 7. The van der Waals surface area contributed by atoms with Crippen molar-refractivity contribution in [2.75, 3.05) is 5.32 Å². The molecule has 8 nitrogen and oxygen atoms in total. The summed E-state index contributed by atoms with van der Waals surface area (Å²) >= 11 is 0. The van der Waals surface area contributed by atoms with E-state index in [0.717, 1.165) is 18.4 Å². The maximum Gasteiger partial charge on any atom is 0.245 e. The third kappa shape index (κ3) is 4.50. The van der Waals surface area contributed by atoms with Gasteiger partial charge in [0.2, 0.25) is 21.9 Å². The Balaban J connectivity index is 1.64. The van der Waals surface area contributed by atoms with Crippen molar-refractivity contribution in [3.8, 4) is 17.7 Å². The highest BCUT2D eigenvalue weighted by molar-refractivity contribution is 7.89. The van der Waals surface area contributed by atoms with E-state index in [4.69, 9.17) is 9.88 Å². The molecule has 1 saturated carbocycles. The zero-order valence-electron chi connectivity index (χ0n) is 16.6. The Morgan fingerprint density at radius 1 is 1.13 bits per heavy atom. The number of pyridine rings is 1. The number of rotatable bonds is 6. The third-order valence-corrected chi connectivity index (χ3v) is 5.55. The largest absolute Gasteiger partial charge is 0.473 e. The maximum absolute atomic E-state index is 11.4. The average molecular weight is 423 g/mol. The molecule has 30 heavy (non-hydrogen) atoms. The zero-order valence-corrected chi connectivity index (χ0v) is 17.4. The van der Waals surface area contributed by atoms with Gasteiger partial charge >= 0.3 is 0 Å². The normalized spacial score (nSPS) is 14.6. The van der Waals surface area contributed by atoms with Gasteiger partial charge in [0, 0.05) is 0 Å². The predicted molar refractivity (Wildman–Crippen MR) is 113 cm³/mol. The first-order chi connectivity index (χ1) is 14.3. The van der Waals surface area contributed by atoms with E-state index in [-0.39, 0.29) is 17.0 Å². The lowest BCUT2D eigenvalue weighted by molar-refractivity contribution is 0.294. The van der Waals surface area contributed by atoms with Crippen LogP contribution in [0.3, 0.4) is 0 Å². The van der Waals surface area contributed by atoms with E-state index in [1.54, 1.807) is 19.1 Å². The quantitative estimate of drug-likeness (QED) is 0.585. The van der Waals surface area contributed by atoms with E-state index < -0.39 is 10.0 Å². The summed E-state index contributed by atoms with van der Waals surface area (Å²) < 4.78 is 28.8. The van der Waals surface area contributed by atoms with Gasteiger partial charge in [0.15, 0.2) is 5.52 Å². The molecule has 4 rings (SSSR count). The van der Waals surface area contributed by atoms with Gasteiger partial charge in [-0.05, 0) is 62.4 Å². The van der Waals surface area contributed by atoms with Gasteiger partial charge in [-0.15, -0.1) is 0 Å². The van der Waals surface area contributed by atoms with Gasteiger partial charge in [-0.3, -0.25) is 0 Å². The van der Waals surface area contributed by atoms with Crippen LogP contribution in [0.15, 0.2) is 41.3 Å². The highest BCUT2D eigenvalue weighted by atomic mass is 32.2. The summed E-state index contributed by atoms with van der Waals surface area (Å²) in [5.41, 5.74) is 2.74. The van der Waals surface area contributed by atoms with Crippen molar-refractivity contribution in [1.82, 2.24) is 15.0 Å². The minimum Gasteiger partial charge on any atom is -0.473 e. The number of benzene rings is 1. The van der Waals surface area contributed by atoms with Crippen LogP contribution in [-0.2, 0) is 10.0 Å². The van der Waals surface area contributed by atoms with Gasteiger partial charge in [0.05, 0.1) is 16.5 Å². The highest BCUT2D eigenvalue weighted by Crippen LogP contribution is 2.31. The summed E-state index contributed by atoms with van der Waals surface area (Å²) in [6.07, 6.45) is 2.15. The van der Waals surface area contributed by atoms with E-state index in [1.165, 1.54) is 12.1 Å². The van der Waals surface area contributed by atoms with Crippen LogP contribution in [0.5, 0.6) is 5.88 Å². The van der Waals surface area contributed by atoms with E-state index in [2.05, 4.69) is 32.1 Å². The van der Waals surface area contributed by atoms with Crippen LogP contribution in [0.25, 0.3) is 11.0 Å². The second-order valence-electron chi connectivity index (χ2n) is 7.09. The zero-order chi connectivity index (χ0) is 21.3. The third-order valence-electron chi connectivity index (χ3n) is 4.62. The van der Waals surface area contributed by atoms with Crippen LogP contribution in [0.1, 0.15) is 44.0 Å². The predicted octanol–water partition coefficient (Wildman–Crippen LogP) is 2.76. The molecule has 0 aliphatic heterocycles. The van der Waals surface area contributed by atoms with E-state index in [1.807, 2.05) is 19.1 Å². The minimum atomic E-state index is -3.73. The van der Waals surface area contributed by atoms with E-state index in [9.17, 15) is 8.42 Å². The second-order valence-corrected chi connectivity index (χ2v) is 8.65. The van der Waals surface area contributed by atoms with Gasteiger partial charge in [-0.2, -0.15) is 4.98 Å². The van der Waals surface area contributed by atoms with Crippen LogP contribution in [0.2, 0.25) is 0 Å². The number of sulfonamides is 1. The summed E-state index contributed by atoms with van der Waals surface area (Å²) in [5, 5.41) is 8.40. The summed E-state index contributed by atoms with van der Waals surface area (Å²) in [6.45, 7) is 3.69. The van der Waals surface area contributed by atoms with Crippen molar-refractivity contribution in [2.45, 2.75) is 43.7 Å². The van der Waals surface area contributed by atoms with Crippen molar-refractivity contribution in [1.29, 1.82) is 0 Å². The van der Waals surface area contributed by atoms with Gasteiger partial charge in [0.25, 0.3) is 0 Å². The molecule has 0 bridgehead atoms.